The van der Waals surface area contributed by atoms with E-state index in [1.807, 2.05) is 0 Å². The monoisotopic (exact) mass is 380 g/mol. The Morgan fingerprint density at radius 3 is 2.43 bits per heavy atom. The van der Waals surface area contributed by atoms with Gasteiger partial charge >= 0.3 is 0 Å². The van der Waals surface area contributed by atoms with Crippen LogP contribution in [-0.2, 0) is 0 Å². The Balaban J connectivity index is 1.96. The molecular weight excluding hydrogens is 359 g/mol. The Kier molecular flexibility index (Phi) is 4.73. The van der Waals surface area contributed by atoms with E-state index < -0.39 is 5.56 Å². The Labute approximate surface area is 161 Å². The number of benzene rings is 2. The van der Waals surface area contributed by atoms with E-state index in [0.29, 0.717) is 22.6 Å². The standard InChI is InChI=1S/C21H21FN4O2/c22-15-9-7-14(8-10-15)19-20(25-11-2-1-3-12-25)18(23)21(28)26(24-19)16-5-4-6-17(27)13-16/h4-10,13,27H,1-3,11-12,23H2. The van der Waals surface area contributed by atoms with Crippen molar-refractivity contribution in [3.63, 3.8) is 0 Å². The number of hydrogen-bond acceptors (Lipinski definition) is 5. The Morgan fingerprint density at radius 2 is 1.75 bits per heavy atom. The first-order valence-electron chi connectivity index (χ1n) is 9.28. The largest absolute Gasteiger partial charge is 0.508 e. The SMILES string of the molecule is Nc1c(N2CCCCC2)c(-c2ccc(F)cc2)nn(-c2cccc(O)c2)c1=O. The second kappa shape index (κ2) is 7.34. The van der Waals surface area contributed by atoms with Gasteiger partial charge in [-0.15, -0.1) is 0 Å². The summed E-state index contributed by atoms with van der Waals surface area (Å²) in [6.07, 6.45) is 3.16. The van der Waals surface area contributed by atoms with E-state index in [-0.39, 0.29) is 17.3 Å². The number of aromatic hydroxyl groups is 1. The Morgan fingerprint density at radius 1 is 1.04 bits per heavy atom. The van der Waals surface area contributed by atoms with E-state index in [1.54, 1.807) is 24.3 Å². The highest BCUT2D eigenvalue weighted by molar-refractivity contribution is 5.83. The number of hydrogen-bond donors (Lipinski definition) is 2. The van der Waals surface area contributed by atoms with Crippen LogP contribution in [0.3, 0.4) is 0 Å². The fourth-order valence-electron chi connectivity index (χ4n) is 3.58. The highest BCUT2D eigenvalue weighted by Gasteiger charge is 2.24. The second-order valence-corrected chi connectivity index (χ2v) is 6.90. The molecule has 3 aromatic rings. The van der Waals surface area contributed by atoms with Crippen molar-refractivity contribution < 1.29 is 9.50 Å². The number of nitrogens with two attached hydrogens (primary N) is 1. The third-order valence-corrected chi connectivity index (χ3v) is 4.97. The van der Waals surface area contributed by atoms with Crippen LogP contribution in [0.2, 0.25) is 0 Å². The minimum atomic E-state index is -0.447. The molecule has 0 radical (unpaired) electrons. The van der Waals surface area contributed by atoms with Gasteiger partial charge in [-0.25, -0.2) is 4.39 Å². The molecule has 0 bridgehead atoms. The van der Waals surface area contributed by atoms with Gasteiger partial charge in [0.1, 0.15) is 22.9 Å². The Hall–Kier alpha value is -3.35. The van der Waals surface area contributed by atoms with E-state index in [2.05, 4.69) is 10.00 Å². The molecule has 1 saturated heterocycles. The highest BCUT2D eigenvalue weighted by Crippen LogP contribution is 2.34. The van der Waals surface area contributed by atoms with Crippen molar-refractivity contribution >= 4 is 11.4 Å². The second-order valence-electron chi connectivity index (χ2n) is 6.90. The molecule has 0 amide bonds. The van der Waals surface area contributed by atoms with Gasteiger partial charge in [-0.1, -0.05) is 6.07 Å². The summed E-state index contributed by atoms with van der Waals surface area (Å²) in [5, 5.41) is 14.4. The van der Waals surface area contributed by atoms with Gasteiger partial charge in [-0.3, -0.25) is 4.79 Å². The number of piperidine rings is 1. The molecule has 0 atom stereocenters. The molecule has 6 nitrogen and oxygen atoms in total. The summed E-state index contributed by atoms with van der Waals surface area (Å²) < 4.78 is 14.6. The quantitative estimate of drug-likeness (QED) is 0.728. The van der Waals surface area contributed by atoms with Crippen molar-refractivity contribution in [2.24, 2.45) is 0 Å². The zero-order valence-corrected chi connectivity index (χ0v) is 15.3. The Bertz CT molecular complexity index is 1060. The summed E-state index contributed by atoms with van der Waals surface area (Å²) in [6, 6.07) is 12.2. The molecule has 1 aromatic heterocycles. The molecule has 4 rings (SSSR count). The van der Waals surface area contributed by atoms with Gasteiger partial charge in [0.05, 0.1) is 11.4 Å². The van der Waals surface area contributed by atoms with Crippen LogP contribution >= 0.6 is 0 Å². The van der Waals surface area contributed by atoms with Crippen molar-refractivity contribution in [3.05, 3.63) is 64.7 Å². The van der Waals surface area contributed by atoms with Crippen LogP contribution < -0.4 is 16.2 Å². The predicted molar refractivity (Wildman–Crippen MR) is 107 cm³/mol. The summed E-state index contributed by atoms with van der Waals surface area (Å²) in [4.78, 5) is 15.1. The lowest BCUT2D eigenvalue weighted by atomic mass is 10.1. The van der Waals surface area contributed by atoms with Gasteiger partial charge < -0.3 is 15.7 Å². The number of aromatic nitrogens is 2. The van der Waals surface area contributed by atoms with Gasteiger partial charge in [0.25, 0.3) is 5.56 Å². The number of rotatable bonds is 3. The lowest BCUT2D eigenvalue weighted by Gasteiger charge is -2.31. The molecule has 1 aliphatic rings. The van der Waals surface area contributed by atoms with Crippen LogP contribution in [0, 0.1) is 5.82 Å². The predicted octanol–water partition coefficient (Wildman–Crippen LogP) is 3.32. The molecule has 144 valence electrons. The number of nitrogens with zero attached hydrogens (tertiary/aromatic N) is 3. The molecule has 2 aromatic carbocycles. The lowest BCUT2D eigenvalue weighted by molar-refractivity contribution is 0.474. The molecule has 0 saturated carbocycles. The van der Waals surface area contributed by atoms with Crippen molar-refractivity contribution in [1.29, 1.82) is 0 Å². The summed E-state index contributed by atoms with van der Waals surface area (Å²) in [6.45, 7) is 1.57. The first-order chi connectivity index (χ1) is 13.5. The average Bonchev–Trinajstić information content (AvgIpc) is 2.71. The molecule has 0 spiro atoms. The van der Waals surface area contributed by atoms with Crippen LogP contribution in [0.5, 0.6) is 5.75 Å². The van der Waals surface area contributed by atoms with Crippen LogP contribution in [0.1, 0.15) is 19.3 Å². The number of phenolic OH excluding ortho intramolecular Hbond substituents is 1. The third kappa shape index (κ3) is 3.31. The minimum absolute atomic E-state index is 0.0215. The number of nitrogen functional groups attached to an aromatic ring is 1. The topological polar surface area (TPSA) is 84.4 Å². The molecule has 1 fully saturated rings. The maximum Gasteiger partial charge on any atom is 0.296 e. The van der Waals surface area contributed by atoms with Crippen molar-refractivity contribution in [2.75, 3.05) is 23.7 Å². The first-order valence-corrected chi connectivity index (χ1v) is 9.28. The molecule has 0 aliphatic carbocycles. The summed E-state index contributed by atoms with van der Waals surface area (Å²) in [5.74, 6) is -0.328. The minimum Gasteiger partial charge on any atom is -0.508 e. The molecule has 7 heteroatoms. The van der Waals surface area contributed by atoms with Crippen LogP contribution in [0.25, 0.3) is 16.9 Å². The van der Waals surface area contributed by atoms with E-state index in [9.17, 15) is 14.3 Å². The van der Waals surface area contributed by atoms with E-state index in [0.717, 1.165) is 32.4 Å². The maximum atomic E-state index is 13.5. The zero-order chi connectivity index (χ0) is 19.7. The van der Waals surface area contributed by atoms with Crippen molar-refractivity contribution in [3.8, 4) is 22.7 Å². The van der Waals surface area contributed by atoms with Crippen LogP contribution in [-0.4, -0.2) is 28.0 Å². The van der Waals surface area contributed by atoms with Crippen LogP contribution in [0.15, 0.2) is 53.3 Å². The smallest absolute Gasteiger partial charge is 0.296 e. The molecule has 1 aliphatic heterocycles. The van der Waals surface area contributed by atoms with Crippen molar-refractivity contribution in [2.45, 2.75) is 19.3 Å². The van der Waals surface area contributed by atoms with E-state index in [1.165, 1.54) is 28.9 Å². The molecule has 0 unspecified atom stereocenters. The molecule has 2 heterocycles. The summed E-state index contributed by atoms with van der Waals surface area (Å²) in [5.41, 5.74) is 8.14. The van der Waals surface area contributed by atoms with Gasteiger partial charge in [0.15, 0.2) is 0 Å². The van der Waals surface area contributed by atoms with Crippen LogP contribution in [0.4, 0.5) is 15.8 Å². The van der Waals surface area contributed by atoms with E-state index >= 15 is 0 Å². The summed E-state index contributed by atoms with van der Waals surface area (Å²) in [7, 11) is 0. The van der Waals surface area contributed by atoms with Gasteiger partial charge in [0.2, 0.25) is 0 Å². The van der Waals surface area contributed by atoms with Crippen molar-refractivity contribution in [1.82, 2.24) is 9.78 Å². The first kappa shape index (κ1) is 18.0. The number of phenols is 1. The highest BCUT2D eigenvalue weighted by atomic mass is 19.1. The fraction of sp³-hybridized carbons (Fsp3) is 0.238. The lowest BCUT2D eigenvalue weighted by Crippen LogP contribution is -2.35. The van der Waals surface area contributed by atoms with Gasteiger partial charge in [0, 0.05) is 24.7 Å². The molecular formula is C21H21FN4O2. The maximum absolute atomic E-state index is 13.5. The average molecular weight is 380 g/mol. The third-order valence-electron chi connectivity index (χ3n) is 4.97. The number of anilines is 2. The summed E-state index contributed by atoms with van der Waals surface area (Å²) >= 11 is 0. The molecule has 28 heavy (non-hydrogen) atoms. The molecule has 3 N–H and O–H groups in total. The normalized spacial score (nSPS) is 14.2. The van der Waals surface area contributed by atoms with Gasteiger partial charge in [-0.2, -0.15) is 9.78 Å². The van der Waals surface area contributed by atoms with Gasteiger partial charge in [-0.05, 0) is 55.7 Å². The fourth-order valence-corrected chi connectivity index (χ4v) is 3.58. The van der Waals surface area contributed by atoms with E-state index in [4.69, 9.17) is 5.73 Å². The zero-order valence-electron chi connectivity index (χ0n) is 15.3. The number of halogens is 1.